The van der Waals surface area contributed by atoms with E-state index < -0.39 is 22.6 Å². The third-order valence-electron chi connectivity index (χ3n) is 14.5. The second kappa shape index (κ2) is 24.1. The van der Waals surface area contributed by atoms with Crippen LogP contribution in [0.25, 0.3) is 66.8 Å². The van der Waals surface area contributed by atoms with Gasteiger partial charge in [0.2, 0.25) is 0 Å². The van der Waals surface area contributed by atoms with Crippen LogP contribution in [-0.2, 0) is 10.8 Å². The summed E-state index contributed by atoms with van der Waals surface area (Å²) in [4.78, 5) is 74.0. The van der Waals surface area contributed by atoms with Crippen molar-refractivity contribution in [2.24, 2.45) is 0 Å². The maximum Gasteiger partial charge on any atom is 0.419 e. The van der Waals surface area contributed by atoms with E-state index in [9.17, 15) is 19.2 Å². The molecule has 6 aromatic carbocycles. The number of nitrogens with one attached hydrogen (secondary N) is 5. The highest BCUT2D eigenvalue weighted by Crippen LogP contribution is 2.33. The number of hydrogen-bond acceptors (Lipinski definition) is 14. The largest absolute Gasteiger partial charge is 0.492 e. The summed E-state index contributed by atoms with van der Waals surface area (Å²) in [5.41, 5.74) is 11.2. The molecule has 18 nitrogen and oxygen atoms in total. The number of piperazine rings is 2. The van der Waals surface area contributed by atoms with Crippen LogP contribution in [0.2, 0.25) is 0 Å². The van der Waals surface area contributed by atoms with E-state index in [4.69, 9.17) is 39.9 Å². The van der Waals surface area contributed by atoms with Crippen LogP contribution in [0.1, 0.15) is 52.7 Å². The predicted octanol–water partition coefficient (Wildman–Crippen LogP) is 9.56. The number of rotatable bonds is 11. The first-order chi connectivity index (χ1) is 39.0. The molecule has 5 N–H and O–H groups in total. The smallest absolute Gasteiger partial charge is 0.419 e. The number of halogens is 1. The number of aromatic amines is 4. The highest BCUT2D eigenvalue weighted by Gasteiger charge is 2.22. The first-order valence-corrected chi connectivity index (χ1v) is 27.8. The van der Waals surface area contributed by atoms with Crippen molar-refractivity contribution in [2.75, 3.05) is 87.8 Å². The Kier molecular flexibility index (Phi) is 16.6. The summed E-state index contributed by atoms with van der Waals surface area (Å²) in [7, 11) is 0. The number of imidazole rings is 2. The molecule has 420 valence electrons. The number of benzene rings is 6. The molecule has 2 aliphatic heterocycles. The topological polar surface area (TPSA) is 224 Å². The van der Waals surface area contributed by atoms with Crippen molar-refractivity contribution in [3.05, 3.63) is 174 Å². The van der Waals surface area contributed by atoms with Crippen LogP contribution in [-0.4, -0.2) is 113 Å². The van der Waals surface area contributed by atoms with Gasteiger partial charge in [0.15, 0.2) is 0 Å². The highest BCUT2D eigenvalue weighted by molar-refractivity contribution is 6.18. The van der Waals surface area contributed by atoms with E-state index in [-0.39, 0.29) is 27.4 Å². The summed E-state index contributed by atoms with van der Waals surface area (Å²) in [5, 5.41) is 3.98. The number of nitrogens with zero attached hydrogens (tertiary/aromatic N) is 5. The van der Waals surface area contributed by atoms with Crippen LogP contribution in [0, 0.1) is 0 Å². The number of fused-ring (bicyclic) bond motifs is 4. The molecule has 12 rings (SSSR count). The molecule has 0 aliphatic carbocycles. The second-order valence-corrected chi connectivity index (χ2v) is 22.5. The molecular formula is C62H67ClN10O8. The molecule has 4 aromatic heterocycles. The van der Waals surface area contributed by atoms with Gasteiger partial charge in [-0.2, -0.15) is 0 Å². The average molecular weight is 1120 g/mol. The van der Waals surface area contributed by atoms with E-state index in [0.717, 1.165) is 109 Å². The molecule has 6 heterocycles. The molecular weight excluding hydrogens is 1050 g/mol. The normalized spacial score (nSPS) is 14.2. The molecule has 0 bridgehead atoms. The molecule has 0 amide bonds. The van der Waals surface area contributed by atoms with Crippen molar-refractivity contribution >= 4 is 67.0 Å². The van der Waals surface area contributed by atoms with E-state index in [1.165, 1.54) is 28.9 Å². The maximum absolute atomic E-state index is 12.0. The lowest BCUT2D eigenvalue weighted by Gasteiger charge is -2.36. The summed E-state index contributed by atoms with van der Waals surface area (Å²) in [6, 6.07) is 39.7. The Hall–Kier alpha value is -8.45. The van der Waals surface area contributed by atoms with Gasteiger partial charge in [-0.1, -0.05) is 102 Å². The van der Waals surface area contributed by atoms with Crippen molar-refractivity contribution in [1.82, 2.24) is 40.1 Å². The van der Waals surface area contributed by atoms with Gasteiger partial charge in [0.25, 0.3) is 11.1 Å². The third kappa shape index (κ3) is 13.3. The summed E-state index contributed by atoms with van der Waals surface area (Å²) in [5.74, 6) is 1.73. The van der Waals surface area contributed by atoms with Crippen molar-refractivity contribution in [2.45, 2.75) is 52.4 Å². The zero-order valence-electron chi connectivity index (χ0n) is 46.4. The van der Waals surface area contributed by atoms with E-state index in [1.54, 1.807) is 24.3 Å². The first-order valence-electron chi connectivity index (χ1n) is 27.3. The van der Waals surface area contributed by atoms with Crippen LogP contribution in [0.3, 0.4) is 0 Å². The number of hydrogen-bond donors (Lipinski definition) is 5. The summed E-state index contributed by atoms with van der Waals surface area (Å²) in [6.45, 7) is 22.7. The molecule has 0 spiro atoms. The molecule has 2 saturated heterocycles. The second-order valence-electron chi connectivity index (χ2n) is 22.1. The SMILES string of the molecule is CC(C)(C)c1ccc(-c2nc3c(N4CCN(CCOc5ccc6oc(=O)[nH]c(=O)c6c5)CC4)cccc3[nH]2)cc1.CC(C)(C)c1ccc(-c2nc3c(N4CCNCC4)cccc3[nH]2)cc1.O=c1[nH]c(=O)c2cc(OCCCl)ccc2o1. The Bertz CT molecular complexity index is 4040. The fourth-order valence-corrected chi connectivity index (χ4v) is 10.0. The lowest BCUT2D eigenvalue weighted by Crippen LogP contribution is -2.47. The molecule has 0 atom stereocenters. The zero-order chi connectivity index (χ0) is 56.8. The van der Waals surface area contributed by atoms with Crippen LogP contribution < -0.4 is 47.2 Å². The lowest BCUT2D eigenvalue weighted by molar-refractivity contribution is 0.201. The molecule has 0 saturated carbocycles. The Morgan fingerprint density at radius 2 is 0.975 bits per heavy atom. The maximum atomic E-state index is 12.0. The number of ether oxygens (including phenoxy) is 2. The van der Waals surface area contributed by atoms with Crippen molar-refractivity contribution in [3.63, 3.8) is 0 Å². The molecule has 0 radical (unpaired) electrons. The lowest BCUT2D eigenvalue weighted by atomic mass is 9.87. The van der Waals surface area contributed by atoms with Crippen LogP contribution in [0.4, 0.5) is 11.4 Å². The Balaban J connectivity index is 0.000000152. The van der Waals surface area contributed by atoms with E-state index >= 15 is 0 Å². The molecule has 19 heteroatoms. The monoisotopic (exact) mass is 1110 g/mol. The number of aromatic nitrogens is 6. The van der Waals surface area contributed by atoms with Gasteiger partial charge in [-0.15, -0.1) is 11.6 Å². The number of alkyl halides is 1. The fourth-order valence-electron chi connectivity index (χ4n) is 9.94. The van der Waals surface area contributed by atoms with E-state index in [0.29, 0.717) is 36.0 Å². The van der Waals surface area contributed by atoms with Gasteiger partial charge < -0.3 is 43.4 Å². The summed E-state index contributed by atoms with van der Waals surface area (Å²) >= 11 is 5.47. The van der Waals surface area contributed by atoms with Crippen molar-refractivity contribution < 1.29 is 18.3 Å². The minimum Gasteiger partial charge on any atom is -0.492 e. The first kappa shape index (κ1) is 55.8. The summed E-state index contributed by atoms with van der Waals surface area (Å²) in [6.07, 6.45) is 0. The third-order valence-corrected chi connectivity index (χ3v) is 14.6. The highest BCUT2D eigenvalue weighted by atomic mass is 35.5. The molecule has 10 aromatic rings. The van der Waals surface area contributed by atoms with Gasteiger partial charge in [0, 0.05) is 70.0 Å². The Morgan fingerprint density at radius 3 is 1.42 bits per heavy atom. The van der Waals surface area contributed by atoms with Gasteiger partial charge in [-0.05, 0) is 82.6 Å². The molecule has 81 heavy (non-hydrogen) atoms. The van der Waals surface area contributed by atoms with E-state index in [2.05, 4.69) is 161 Å². The van der Waals surface area contributed by atoms with Crippen LogP contribution >= 0.6 is 11.6 Å². The minimum absolute atomic E-state index is 0.116. The van der Waals surface area contributed by atoms with Gasteiger partial charge >= 0.3 is 11.5 Å². The van der Waals surface area contributed by atoms with Gasteiger partial charge in [0.05, 0.1) is 39.1 Å². The van der Waals surface area contributed by atoms with Gasteiger partial charge in [-0.3, -0.25) is 24.5 Å². The fraction of sp³-hybridized carbons (Fsp3) is 0.323. The minimum atomic E-state index is -0.771. The Morgan fingerprint density at radius 1 is 0.531 bits per heavy atom. The average Bonchev–Trinajstić information content (AvgIpc) is 4.18. The quantitative estimate of drug-likeness (QED) is 0.0761. The standard InChI is InChI=1S/C31H33N5O4.C21H26N4.C10H8ClNO4/c1-31(2,3)21-9-7-20(8-10-21)28-32-24-5-4-6-25(27(24)33-28)36-15-13-35(14-16-36)17-18-39-22-11-12-26-23(19-22)29(37)34-30(38)40-26;1-21(2,3)16-9-7-15(8-10-16)20-23-17-5-4-6-18(19(17)24-20)25-13-11-22-12-14-25;11-3-4-15-6-1-2-8-7(5-6)9(13)12-10(14)16-8/h4-12,19H,13-18H2,1-3H3,(H,32,33)(H,34,37,38);4-10,22H,11-14H2,1-3H3,(H,23,24);1-2,5H,3-4H2,(H,12,13,14). The van der Waals surface area contributed by atoms with Gasteiger partial charge in [0.1, 0.15) is 58.6 Å². The number of anilines is 2. The van der Waals surface area contributed by atoms with Crippen LogP contribution in [0.15, 0.2) is 149 Å². The van der Waals surface area contributed by atoms with E-state index in [1.807, 2.05) is 4.98 Å². The Labute approximate surface area is 472 Å². The van der Waals surface area contributed by atoms with Crippen molar-refractivity contribution in [3.8, 4) is 34.3 Å². The number of H-pyrrole nitrogens is 4. The number of para-hydroxylation sites is 2. The molecule has 0 unspecified atom stereocenters. The van der Waals surface area contributed by atoms with Gasteiger partial charge in [-0.25, -0.2) is 19.6 Å². The molecule has 2 aliphatic rings. The zero-order valence-corrected chi connectivity index (χ0v) is 47.2. The van der Waals surface area contributed by atoms with Crippen molar-refractivity contribution in [1.29, 1.82) is 0 Å². The van der Waals surface area contributed by atoms with Crippen LogP contribution in [0.5, 0.6) is 11.5 Å². The molecule has 2 fully saturated rings. The predicted molar refractivity (Wildman–Crippen MR) is 322 cm³/mol. The summed E-state index contributed by atoms with van der Waals surface area (Å²) < 4.78 is 21.0.